The monoisotopic (exact) mass is 124 g/mol. The summed E-state index contributed by atoms with van der Waals surface area (Å²) < 4.78 is 0. The second kappa shape index (κ2) is 1.93. The second-order valence-corrected chi connectivity index (χ2v) is 1.90. The molecule has 3 heteroatoms. The highest BCUT2D eigenvalue weighted by atomic mass is 16.3. The average molecular weight is 124 g/mol. The summed E-state index contributed by atoms with van der Waals surface area (Å²) in [6, 6.07) is 1.57. The van der Waals surface area contributed by atoms with Gasteiger partial charge in [0.25, 0.3) is 0 Å². The van der Waals surface area contributed by atoms with Gasteiger partial charge in [-0.1, -0.05) is 0 Å². The molecule has 0 bridgehead atoms. The Balaban J connectivity index is 3.17. The van der Waals surface area contributed by atoms with Crippen LogP contribution in [0.2, 0.25) is 0 Å². The molecule has 0 saturated carbocycles. The molecule has 0 radical (unpaired) electrons. The van der Waals surface area contributed by atoms with Gasteiger partial charge >= 0.3 is 0 Å². The summed E-state index contributed by atoms with van der Waals surface area (Å²) in [4.78, 5) is 3.71. The van der Waals surface area contributed by atoms with Crippen molar-refractivity contribution >= 4 is 5.82 Å². The standard InChI is InChI=1S/C6H8N2O/c1-4-2-5(9)3-8-6(4)7/h2-3,9H,1H3,(H2,7,8). The van der Waals surface area contributed by atoms with E-state index in [1.807, 2.05) is 0 Å². The van der Waals surface area contributed by atoms with E-state index in [2.05, 4.69) is 4.98 Å². The minimum absolute atomic E-state index is 0.154. The summed E-state index contributed by atoms with van der Waals surface area (Å²) in [5.41, 5.74) is 6.17. The average Bonchev–Trinajstić information content (AvgIpc) is 1.80. The molecule has 48 valence electrons. The lowest BCUT2D eigenvalue weighted by Gasteiger charge is -1.96. The normalized spacial score (nSPS) is 9.44. The van der Waals surface area contributed by atoms with Gasteiger partial charge in [-0.15, -0.1) is 0 Å². The van der Waals surface area contributed by atoms with Crippen molar-refractivity contribution in [2.45, 2.75) is 6.92 Å². The molecule has 1 aromatic rings. The number of nitrogens with zero attached hydrogens (tertiary/aromatic N) is 1. The number of hydrogen-bond donors (Lipinski definition) is 2. The van der Waals surface area contributed by atoms with Crippen molar-refractivity contribution in [2.75, 3.05) is 5.73 Å². The van der Waals surface area contributed by atoms with Crippen LogP contribution in [0.15, 0.2) is 12.3 Å². The van der Waals surface area contributed by atoms with E-state index in [1.165, 1.54) is 6.20 Å². The van der Waals surface area contributed by atoms with Crippen LogP contribution in [0, 0.1) is 6.92 Å². The maximum absolute atomic E-state index is 8.82. The molecule has 3 N–H and O–H groups in total. The number of anilines is 1. The highest BCUT2D eigenvalue weighted by molar-refractivity contribution is 5.41. The van der Waals surface area contributed by atoms with Crippen molar-refractivity contribution in [1.29, 1.82) is 0 Å². The van der Waals surface area contributed by atoms with Gasteiger partial charge in [-0.05, 0) is 18.6 Å². The molecule has 0 atom stereocenters. The van der Waals surface area contributed by atoms with Gasteiger partial charge in [0.05, 0.1) is 6.20 Å². The van der Waals surface area contributed by atoms with Crippen LogP contribution in [-0.4, -0.2) is 10.1 Å². The molecule has 0 aliphatic rings. The third-order valence-corrected chi connectivity index (χ3v) is 1.10. The van der Waals surface area contributed by atoms with Crippen LogP contribution in [0.4, 0.5) is 5.82 Å². The number of aromatic hydroxyl groups is 1. The predicted octanol–water partition coefficient (Wildman–Crippen LogP) is 0.678. The van der Waals surface area contributed by atoms with Crippen LogP contribution >= 0.6 is 0 Å². The van der Waals surface area contributed by atoms with Gasteiger partial charge in [0.2, 0.25) is 0 Å². The maximum atomic E-state index is 8.82. The predicted molar refractivity (Wildman–Crippen MR) is 35.1 cm³/mol. The SMILES string of the molecule is Cc1cc(O)cnc1N. The summed E-state index contributed by atoms with van der Waals surface area (Å²) >= 11 is 0. The highest BCUT2D eigenvalue weighted by Gasteiger charge is 1.93. The third kappa shape index (κ3) is 1.10. The lowest BCUT2D eigenvalue weighted by atomic mass is 10.3. The first-order chi connectivity index (χ1) is 4.20. The molecule has 0 aliphatic heterocycles. The van der Waals surface area contributed by atoms with Gasteiger partial charge in [-0.2, -0.15) is 0 Å². The van der Waals surface area contributed by atoms with E-state index in [0.29, 0.717) is 5.82 Å². The van der Waals surface area contributed by atoms with Crippen LogP contribution in [0.1, 0.15) is 5.56 Å². The summed E-state index contributed by atoms with van der Waals surface area (Å²) in [7, 11) is 0. The number of rotatable bonds is 0. The molecule has 0 aliphatic carbocycles. The summed E-state index contributed by atoms with van der Waals surface area (Å²) in [6.45, 7) is 1.79. The number of nitrogens with two attached hydrogens (primary N) is 1. The molecule has 0 amide bonds. The highest BCUT2D eigenvalue weighted by Crippen LogP contribution is 2.12. The lowest BCUT2D eigenvalue weighted by Crippen LogP contribution is -1.91. The number of aryl methyl sites for hydroxylation is 1. The third-order valence-electron chi connectivity index (χ3n) is 1.10. The first kappa shape index (κ1) is 5.88. The van der Waals surface area contributed by atoms with Crippen LogP contribution < -0.4 is 5.73 Å². The second-order valence-electron chi connectivity index (χ2n) is 1.90. The van der Waals surface area contributed by atoms with E-state index in [1.54, 1.807) is 13.0 Å². The summed E-state index contributed by atoms with van der Waals surface area (Å²) in [5, 5.41) is 8.82. The molecule has 0 spiro atoms. The molecule has 1 rings (SSSR count). The Labute approximate surface area is 53.2 Å². The number of nitrogen functional groups attached to an aromatic ring is 1. The van der Waals surface area contributed by atoms with Gasteiger partial charge in [-0.25, -0.2) is 4.98 Å². The molecule has 1 aromatic heterocycles. The van der Waals surface area contributed by atoms with E-state index in [0.717, 1.165) is 5.56 Å². The molecule has 0 aromatic carbocycles. The van der Waals surface area contributed by atoms with Crippen molar-refractivity contribution in [1.82, 2.24) is 4.98 Å². The van der Waals surface area contributed by atoms with Crippen LogP contribution in [0.25, 0.3) is 0 Å². The Hall–Kier alpha value is -1.25. The Bertz CT molecular complexity index is 222. The zero-order valence-electron chi connectivity index (χ0n) is 5.13. The van der Waals surface area contributed by atoms with Crippen molar-refractivity contribution in [3.63, 3.8) is 0 Å². The van der Waals surface area contributed by atoms with E-state index in [4.69, 9.17) is 10.8 Å². The Morgan fingerprint density at radius 1 is 1.67 bits per heavy atom. The first-order valence-electron chi connectivity index (χ1n) is 2.61. The van der Waals surface area contributed by atoms with Crippen LogP contribution in [0.3, 0.4) is 0 Å². The van der Waals surface area contributed by atoms with E-state index < -0.39 is 0 Å². The zero-order valence-corrected chi connectivity index (χ0v) is 5.13. The van der Waals surface area contributed by atoms with Gasteiger partial charge in [0.1, 0.15) is 11.6 Å². The summed E-state index contributed by atoms with van der Waals surface area (Å²) in [6.07, 6.45) is 1.32. The van der Waals surface area contributed by atoms with Crippen molar-refractivity contribution in [3.05, 3.63) is 17.8 Å². The minimum atomic E-state index is 0.154. The quantitative estimate of drug-likeness (QED) is 0.534. The maximum Gasteiger partial charge on any atom is 0.134 e. The van der Waals surface area contributed by atoms with Crippen molar-refractivity contribution in [2.24, 2.45) is 0 Å². The molecule has 1 heterocycles. The van der Waals surface area contributed by atoms with E-state index in [9.17, 15) is 0 Å². The van der Waals surface area contributed by atoms with Crippen molar-refractivity contribution < 1.29 is 5.11 Å². The van der Waals surface area contributed by atoms with Gasteiger partial charge in [-0.3, -0.25) is 0 Å². The van der Waals surface area contributed by atoms with E-state index in [-0.39, 0.29) is 5.75 Å². The number of pyridine rings is 1. The fourth-order valence-electron chi connectivity index (χ4n) is 0.571. The van der Waals surface area contributed by atoms with Gasteiger partial charge in [0, 0.05) is 0 Å². The minimum Gasteiger partial charge on any atom is -0.506 e. The fourth-order valence-corrected chi connectivity index (χ4v) is 0.571. The number of hydrogen-bond acceptors (Lipinski definition) is 3. The van der Waals surface area contributed by atoms with Crippen LogP contribution in [-0.2, 0) is 0 Å². The molecule has 9 heavy (non-hydrogen) atoms. The number of aromatic nitrogens is 1. The molecular formula is C6H8N2O. The van der Waals surface area contributed by atoms with Gasteiger partial charge < -0.3 is 10.8 Å². The topological polar surface area (TPSA) is 59.1 Å². The first-order valence-corrected chi connectivity index (χ1v) is 2.61. The smallest absolute Gasteiger partial charge is 0.134 e. The summed E-state index contributed by atoms with van der Waals surface area (Å²) in [5.74, 6) is 0.620. The lowest BCUT2D eigenvalue weighted by molar-refractivity contribution is 0.472. The Morgan fingerprint density at radius 2 is 2.33 bits per heavy atom. The fraction of sp³-hybridized carbons (Fsp3) is 0.167. The van der Waals surface area contributed by atoms with E-state index >= 15 is 0 Å². The van der Waals surface area contributed by atoms with Crippen molar-refractivity contribution in [3.8, 4) is 5.75 Å². The Morgan fingerprint density at radius 3 is 2.78 bits per heavy atom. The van der Waals surface area contributed by atoms with Crippen LogP contribution in [0.5, 0.6) is 5.75 Å². The van der Waals surface area contributed by atoms with Gasteiger partial charge in [0.15, 0.2) is 0 Å². The molecule has 3 nitrogen and oxygen atoms in total. The molecule has 0 saturated heterocycles. The molecular weight excluding hydrogens is 116 g/mol. The molecule has 0 unspecified atom stereocenters. The Kier molecular flexibility index (Phi) is 1.26. The zero-order chi connectivity index (χ0) is 6.85. The molecule has 0 fully saturated rings. The largest absolute Gasteiger partial charge is 0.506 e.